The lowest BCUT2D eigenvalue weighted by Gasteiger charge is -2.19. The zero-order valence-electron chi connectivity index (χ0n) is 14.1. The molecule has 8 nitrogen and oxygen atoms in total. The molecule has 1 atom stereocenters. The number of amides is 2. The van der Waals surface area contributed by atoms with Crippen LogP contribution in [0.4, 0.5) is 4.79 Å². The smallest absolute Gasteiger partial charge is 0.315 e. The molecule has 2 amide bonds. The minimum atomic E-state index is -0.341. The van der Waals surface area contributed by atoms with Gasteiger partial charge in [0.15, 0.2) is 5.82 Å². The second kappa shape index (κ2) is 7.61. The van der Waals surface area contributed by atoms with E-state index in [-0.39, 0.29) is 12.1 Å². The van der Waals surface area contributed by atoms with Crippen LogP contribution in [0.15, 0.2) is 47.2 Å². The highest BCUT2D eigenvalue weighted by Gasteiger charge is 2.20. The molecule has 0 spiro atoms. The van der Waals surface area contributed by atoms with Crippen molar-refractivity contribution in [3.8, 4) is 0 Å². The summed E-state index contributed by atoms with van der Waals surface area (Å²) in [7, 11) is 1.90. The maximum Gasteiger partial charge on any atom is 0.315 e. The number of aryl methyl sites for hydroxylation is 2. The summed E-state index contributed by atoms with van der Waals surface area (Å²) < 4.78 is 6.91. The van der Waals surface area contributed by atoms with Crippen LogP contribution in [0.2, 0.25) is 0 Å². The number of aromatic nitrogens is 4. The van der Waals surface area contributed by atoms with Crippen LogP contribution in [0.5, 0.6) is 0 Å². The molecule has 8 heteroatoms. The Morgan fingerprint density at radius 3 is 2.76 bits per heavy atom. The van der Waals surface area contributed by atoms with Gasteiger partial charge < -0.3 is 19.7 Å². The molecule has 2 heterocycles. The van der Waals surface area contributed by atoms with Crippen molar-refractivity contribution in [1.82, 2.24) is 30.3 Å². The number of nitrogens with one attached hydrogen (secondary N) is 2. The Hall–Kier alpha value is -3.16. The Morgan fingerprint density at radius 1 is 1.32 bits per heavy atom. The topological polar surface area (TPSA) is 97.9 Å². The summed E-state index contributed by atoms with van der Waals surface area (Å²) in [5, 5.41) is 9.50. The Morgan fingerprint density at radius 2 is 2.12 bits per heavy atom. The molecule has 0 saturated carbocycles. The van der Waals surface area contributed by atoms with Crippen LogP contribution in [0.3, 0.4) is 0 Å². The minimum Gasteiger partial charge on any atom is -0.339 e. The summed E-state index contributed by atoms with van der Waals surface area (Å²) >= 11 is 0. The van der Waals surface area contributed by atoms with E-state index < -0.39 is 0 Å². The molecule has 1 unspecified atom stereocenters. The highest BCUT2D eigenvalue weighted by Crippen LogP contribution is 2.19. The first kappa shape index (κ1) is 16.7. The normalized spacial score (nSPS) is 11.9. The summed E-state index contributed by atoms with van der Waals surface area (Å²) in [4.78, 5) is 20.8. The number of urea groups is 1. The second-order valence-corrected chi connectivity index (χ2v) is 5.63. The zero-order chi connectivity index (χ0) is 17.6. The second-order valence-electron chi connectivity index (χ2n) is 5.63. The van der Waals surface area contributed by atoms with Gasteiger partial charge in [0.25, 0.3) is 0 Å². The Kier molecular flexibility index (Phi) is 5.08. The number of hydrogen-bond acceptors (Lipinski definition) is 5. The highest BCUT2D eigenvalue weighted by molar-refractivity contribution is 5.74. The highest BCUT2D eigenvalue weighted by atomic mass is 16.5. The van der Waals surface area contributed by atoms with Gasteiger partial charge in [-0.25, -0.2) is 9.78 Å². The zero-order valence-corrected chi connectivity index (χ0v) is 14.1. The van der Waals surface area contributed by atoms with Crippen molar-refractivity contribution in [2.24, 2.45) is 7.05 Å². The van der Waals surface area contributed by atoms with Crippen molar-refractivity contribution in [2.45, 2.75) is 19.4 Å². The molecule has 2 aromatic heterocycles. The van der Waals surface area contributed by atoms with Crippen molar-refractivity contribution >= 4 is 6.03 Å². The molecule has 0 radical (unpaired) electrons. The van der Waals surface area contributed by atoms with E-state index in [9.17, 15) is 4.79 Å². The van der Waals surface area contributed by atoms with Gasteiger partial charge in [-0.1, -0.05) is 35.5 Å². The summed E-state index contributed by atoms with van der Waals surface area (Å²) in [6.45, 7) is 2.15. The lowest BCUT2D eigenvalue weighted by atomic mass is 10.1. The molecular formula is C17H20N6O2. The fourth-order valence-electron chi connectivity index (χ4n) is 2.50. The van der Waals surface area contributed by atoms with E-state index in [4.69, 9.17) is 4.52 Å². The van der Waals surface area contributed by atoms with E-state index in [1.165, 1.54) is 0 Å². The molecule has 0 aliphatic rings. The third-order valence-corrected chi connectivity index (χ3v) is 3.72. The van der Waals surface area contributed by atoms with Crippen LogP contribution in [-0.2, 0) is 13.5 Å². The van der Waals surface area contributed by atoms with Crippen molar-refractivity contribution in [2.75, 3.05) is 6.54 Å². The van der Waals surface area contributed by atoms with E-state index in [2.05, 4.69) is 25.8 Å². The average Bonchev–Trinajstić information content (AvgIpc) is 3.22. The van der Waals surface area contributed by atoms with Crippen molar-refractivity contribution in [3.05, 3.63) is 65.8 Å². The van der Waals surface area contributed by atoms with Crippen molar-refractivity contribution < 1.29 is 9.32 Å². The first-order chi connectivity index (χ1) is 12.1. The fraction of sp³-hybridized carbons (Fsp3) is 0.294. The van der Waals surface area contributed by atoms with Gasteiger partial charge in [-0.15, -0.1) is 0 Å². The molecule has 25 heavy (non-hydrogen) atoms. The van der Waals surface area contributed by atoms with Gasteiger partial charge in [-0.05, 0) is 12.5 Å². The molecule has 3 aromatic rings. The van der Waals surface area contributed by atoms with Gasteiger partial charge >= 0.3 is 6.03 Å². The number of rotatable bonds is 6. The van der Waals surface area contributed by atoms with Gasteiger partial charge in [0.05, 0.1) is 0 Å². The summed E-state index contributed by atoms with van der Waals surface area (Å²) in [6.07, 6.45) is 4.04. The largest absolute Gasteiger partial charge is 0.339 e. The molecule has 130 valence electrons. The molecule has 1 aromatic carbocycles. The van der Waals surface area contributed by atoms with Gasteiger partial charge in [-0.2, -0.15) is 4.98 Å². The van der Waals surface area contributed by atoms with Gasteiger partial charge in [0, 0.05) is 32.4 Å². The number of hydrogen-bond donors (Lipinski definition) is 2. The average molecular weight is 340 g/mol. The quantitative estimate of drug-likeness (QED) is 0.712. The number of carbonyl (C=O) groups excluding carboxylic acids is 1. The maximum absolute atomic E-state index is 12.3. The summed E-state index contributed by atoms with van der Waals surface area (Å²) in [5.74, 6) is 1.84. The van der Waals surface area contributed by atoms with Crippen LogP contribution >= 0.6 is 0 Å². The number of carbonyl (C=O) groups is 1. The predicted molar refractivity (Wildman–Crippen MR) is 90.8 cm³/mol. The lowest BCUT2D eigenvalue weighted by molar-refractivity contribution is 0.238. The molecule has 3 rings (SSSR count). The van der Waals surface area contributed by atoms with Gasteiger partial charge in [0.2, 0.25) is 5.89 Å². The number of nitrogens with zero attached hydrogens (tertiary/aromatic N) is 4. The van der Waals surface area contributed by atoms with E-state index >= 15 is 0 Å². The first-order valence-corrected chi connectivity index (χ1v) is 7.99. The molecule has 0 bridgehead atoms. The third kappa shape index (κ3) is 4.23. The maximum atomic E-state index is 12.3. The minimum absolute atomic E-state index is 0.284. The Labute approximate surface area is 145 Å². The lowest BCUT2D eigenvalue weighted by Crippen LogP contribution is -2.40. The molecular weight excluding hydrogens is 320 g/mol. The number of imidazole rings is 1. The fourth-order valence-corrected chi connectivity index (χ4v) is 2.50. The molecule has 0 aliphatic carbocycles. The van der Waals surface area contributed by atoms with Crippen LogP contribution in [0.1, 0.15) is 29.1 Å². The Balaban J connectivity index is 1.64. The van der Waals surface area contributed by atoms with Crippen molar-refractivity contribution in [3.63, 3.8) is 0 Å². The molecule has 2 N–H and O–H groups in total. The molecule has 0 fully saturated rings. The van der Waals surface area contributed by atoms with Crippen molar-refractivity contribution in [1.29, 1.82) is 0 Å². The van der Waals surface area contributed by atoms with E-state index in [1.54, 1.807) is 13.1 Å². The summed E-state index contributed by atoms with van der Waals surface area (Å²) in [5.41, 5.74) is 0.958. The monoisotopic (exact) mass is 340 g/mol. The molecule has 0 aliphatic heterocycles. The predicted octanol–water partition coefficient (Wildman–Crippen LogP) is 1.74. The van der Waals surface area contributed by atoms with E-state index in [0.29, 0.717) is 24.7 Å². The molecule has 0 saturated heterocycles. The third-order valence-electron chi connectivity index (χ3n) is 3.72. The standard InChI is InChI=1S/C17H20N6O2/c1-12-20-14(25-22-12)8-9-19-17(24)21-15(13-6-4-3-5-7-13)16-18-10-11-23(16)2/h3-7,10-11,15H,8-9H2,1-2H3,(H2,19,21,24). The van der Waals surface area contributed by atoms with E-state index in [0.717, 1.165) is 11.4 Å². The SMILES string of the molecule is Cc1noc(CCNC(=O)NC(c2ccccc2)c2nccn2C)n1. The van der Waals surface area contributed by atoms with E-state index in [1.807, 2.05) is 48.1 Å². The van der Waals surface area contributed by atoms with Gasteiger partial charge in [-0.3, -0.25) is 0 Å². The summed E-state index contributed by atoms with van der Waals surface area (Å²) in [6, 6.07) is 9.10. The van der Waals surface area contributed by atoms with Crippen LogP contribution in [0, 0.1) is 6.92 Å². The van der Waals surface area contributed by atoms with Crippen LogP contribution in [0.25, 0.3) is 0 Å². The van der Waals surface area contributed by atoms with Crippen LogP contribution in [-0.4, -0.2) is 32.3 Å². The first-order valence-electron chi connectivity index (χ1n) is 7.99. The van der Waals surface area contributed by atoms with Crippen LogP contribution < -0.4 is 10.6 Å². The van der Waals surface area contributed by atoms with Gasteiger partial charge in [0.1, 0.15) is 11.9 Å². The Bertz CT molecular complexity index is 827. The number of benzene rings is 1.